The Morgan fingerprint density at radius 2 is 1.89 bits per heavy atom. The van der Waals surface area contributed by atoms with Crippen LogP contribution in [0.5, 0.6) is 5.75 Å². The van der Waals surface area contributed by atoms with Crippen LogP contribution in [0.25, 0.3) is 16.9 Å². The molecule has 10 nitrogen and oxygen atoms in total. The Labute approximate surface area is 224 Å². The van der Waals surface area contributed by atoms with Gasteiger partial charge in [-0.05, 0) is 50.5 Å². The number of rotatable bonds is 10. The maximum absolute atomic E-state index is 12.2. The fraction of sp³-hybridized carbons (Fsp3) is 0.231. The van der Waals surface area contributed by atoms with Gasteiger partial charge in [0.1, 0.15) is 17.6 Å². The lowest BCUT2D eigenvalue weighted by Crippen LogP contribution is -2.29. The smallest absolute Gasteiger partial charge is 0.247 e. The standard InChI is InChI=1S/C26H29BrN8O2/c1-6-24(36)30-19-13-20(23(37-5)14-22(19)34(4)12-11-33(2)3)31-26-28-15-21-25(32-26)35(16-29-21)18-9-7-17(27)8-10-18/h6-10,13-16H,1,11-12H2,2-5H3,(H,30,36)(H,28,31,32). The summed E-state index contributed by atoms with van der Waals surface area (Å²) >= 11 is 3.47. The molecule has 1 amide bonds. The van der Waals surface area contributed by atoms with Gasteiger partial charge in [-0.15, -0.1) is 0 Å². The Bertz CT molecular complexity index is 1420. The number of ether oxygens (including phenoxy) is 1. The van der Waals surface area contributed by atoms with Gasteiger partial charge in [0.2, 0.25) is 11.9 Å². The van der Waals surface area contributed by atoms with Gasteiger partial charge in [0.05, 0.1) is 30.4 Å². The molecule has 2 aromatic carbocycles. The van der Waals surface area contributed by atoms with Crippen molar-refractivity contribution in [3.05, 3.63) is 66.1 Å². The number of methoxy groups -OCH3 is 1. The van der Waals surface area contributed by atoms with Crippen molar-refractivity contribution in [2.45, 2.75) is 0 Å². The van der Waals surface area contributed by atoms with E-state index >= 15 is 0 Å². The first-order chi connectivity index (χ1) is 17.8. The summed E-state index contributed by atoms with van der Waals surface area (Å²) in [6, 6.07) is 11.6. The van der Waals surface area contributed by atoms with E-state index in [1.807, 2.05) is 56.0 Å². The zero-order chi connectivity index (χ0) is 26.5. The SMILES string of the molecule is C=CC(=O)Nc1cc(Nc2ncc3ncn(-c4ccc(Br)cc4)c3n2)c(OC)cc1N(C)CCN(C)C. The predicted octanol–water partition coefficient (Wildman–Crippen LogP) is 4.45. The highest BCUT2D eigenvalue weighted by atomic mass is 79.9. The van der Waals surface area contributed by atoms with Gasteiger partial charge in [-0.3, -0.25) is 9.36 Å². The largest absolute Gasteiger partial charge is 0.494 e. The van der Waals surface area contributed by atoms with E-state index in [0.29, 0.717) is 34.2 Å². The topological polar surface area (TPSA) is 100 Å². The summed E-state index contributed by atoms with van der Waals surface area (Å²) in [5.74, 6) is 0.627. The molecular weight excluding hydrogens is 536 g/mol. The summed E-state index contributed by atoms with van der Waals surface area (Å²) in [6.45, 7) is 5.16. The quantitative estimate of drug-likeness (QED) is 0.272. The number of benzene rings is 2. The molecule has 11 heteroatoms. The highest BCUT2D eigenvalue weighted by molar-refractivity contribution is 9.10. The van der Waals surface area contributed by atoms with Crippen LogP contribution in [-0.4, -0.2) is 71.7 Å². The normalized spacial score (nSPS) is 11.0. The number of carbonyl (C=O) groups excluding carboxylic acids is 1. The van der Waals surface area contributed by atoms with Crippen molar-refractivity contribution < 1.29 is 9.53 Å². The van der Waals surface area contributed by atoms with Crippen LogP contribution in [0.4, 0.5) is 23.0 Å². The molecule has 0 saturated carbocycles. The molecule has 0 bridgehead atoms. The number of likely N-dealkylation sites (N-methyl/N-ethyl adjacent to an activating group) is 2. The van der Waals surface area contributed by atoms with E-state index in [-0.39, 0.29) is 5.91 Å². The summed E-state index contributed by atoms with van der Waals surface area (Å²) < 4.78 is 8.57. The monoisotopic (exact) mass is 564 g/mol. The van der Waals surface area contributed by atoms with Crippen LogP contribution < -0.4 is 20.3 Å². The molecule has 0 radical (unpaired) electrons. The second kappa shape index (κ2) is 11.4. The van der Waals surface area contributed by atoms with Crippen LogP contribution in [-0.2, 0) is 4.79 Å². The van der Waals surface area contributed by atoms with Gasteiger partial charge >= 0.3 is 0 Å². The maximum atomic E-state index is 12.2. The molecule has 0 aliphatic carbocycles. The van der Waals surface area contributed by atoms with E-state index in [1.54, 1.807) is 25.7 Å². The van der Waals surface area contributed by atoms with Crippen molar-refractivity contribution in [3.63, 3.8) is 0 Å². The van der Waals surface area contributed by atoms with E-state index < -0.39 is 0 Å². The number of fused-ring (bicyclic) bond motifs is 1. The molecule has 2 heterocycles. The van der Waals surface area contributed by atoms with Crippen LogP contribution in [0.15, 0.2) is 66.1 Å². The fourth-order valence-electron chi connectivity index (χ4n) is 3.69. The van der Waals surface area contributed by atoms with Gasteiger partial charge in [0.25, 0.3) is 0 Å². The molecule has 192 valence electrons. The number of nitrogens with zero attached hydrogens (tertiary/aromatic N) is 6. The van der Waals surface area contributed by atoms with Crippen LogP contribution in [0.3, 0.4) is 0 Å². The molecule has 0 spiro atoms. The van der Waals surface area contributed by atoms with Crippen LogP contribution >= 0.6 is 15.9 Å². The summed E-state index contributed by atoms with van der Waals surface area (Å²) in [5.41, 5.74) is 4.25. The third kappa shape index (κ3) is 6.07. The Morgan fingerprint density at radius 1 is 1.14 bits per heavy atom. The van der Waals surface area contributed by atoms with Crippen molar-refractivity contribution in [1.82, 2.24) is 24.4 Å². The van der Waals surface area contributed by atoms with Crippen molar-refractivity contribution in [2.75, 3.05) is 56.9 Å². The van der Waals surface area contributed by atoms with E-state index in [0.717, 1.165) is 28.9 Å². The van der Waals surface area contributed by atoms with Crippen molar-refractivity contribution >= 4 is 56.0 Å². The first-order valence-corrected chi connectivity index (χ1v) is 12.3. The van der Waals surface area contributed by atoms with Crippen LogP contribution in [0.1, 0.15) is 0 Å². The Balaban J connectivity index is 1.71. The lowest BCUT2D eigenvalue weighted by molar-refractivity contribution is -0.111. The minimum absolute atomic E-state index is 0.311. The maximum Gasteiger partial charge on any atom is 0.247 e. The summed E-state index contributed by atoms with van der Waals surface area (Å²) in [7, 11) is 7.59. The Kier molecular flexibility index (Phi) is 8.04. The molecule has 0 aliphatic rings. The summed E-state index contributed by atoms with van der Waals surface area (Å²) in [5, 5.41) is 6.14. The number of anilines is 4. The molecule has 0 aliphatic heterocycles. The second-order valence-corrected chi connectivity index (χ2v) is 9.52. The minimum Gasteiger partial charge on any atom is -0.494 e. The van der Waals surface area contributed by atoms with Crippen molar-refractivity contribution in [1.29, 1.82) is 0 Å². The number of halogens is 1. The molecule has 0 fully saturated rings. The average molecular weight is 565 g/mol. The molecule has 0 unspecified atom stereocenters. The molecule has 37 heavy (non-hydrogen) atoms. The fourth-order valence-corrected chi connectivity index (χ4v) is 3.95. The summed E-state index contributed by atoms with van der Waals surface area (Å²) in [6.07, 6.45) is 4.62. The van der Waals surface area contributed by atoms with E-state index in [4.69, 9.17) is 9.72 Å². The Hall–Kier alpha value is -3.96. The van der Waals surface area contributed by atoms with Gasteiger partial charge in [-0.2, -0.15) is 4.98 Å². The Morgan fingerprint density at radius 3 is 2.57 bits per heavy atom. The second-order valence-electron chi connectivity index (χ2n) is 8.61. The zero-order valence-electron chi connectivity index (χ0n) is 21.2. The first-order valence-electron chi connectivity index (χ1n) is 11.5. The third-order valence-corrected chi connectivity index (χ3v) is 6.23. The van der Waals surface area contributed by atoms with E-state index in [1.165, 1.54) is 6.08 Å². The predicted molar refractivity (Wildman–Crippen MR) is 151 cm³/mol. The van der Waals surface area contributed by atoms with Gasteiger partial charge in [0, 0.05) is 36.4 Å². The number of aromatic nitrogens is 4. The van der Waals surface area contributed by atoms with Crippen LogP contribution in [0.2, 0.25) is 0 Å². The molecule has 4 aromatic rings. The number of hydrogen-bond donors (Lipinski definition) is 2. The highest BCUT2D eigenvalue weighted by Crippen LogP contribution is 2.38. The van der Waals surface area contributed by atoms with Gasteiger partial charge < -0.3 is 25.2 Å². The number of carbonyl (C=O) groups is 1. The third-order valence-electron chi connectivity index (χ3n) is 5.70. The van der Waals surface area contributed by atoms with Crippen molar-refractivity contribution in [3.8, 4) is 11.4 Å². The van der Waals surface area contributed by atoms with Gasteiger partial charge in [-0.1, -0.05) is 22.5 Å². The minimum atomic E-state index is -0.311. The lowest BCUT2D eigenvalue weighted by atomic mass is 10.2. The molecule has 4 rings (SSSR count). The summed E-state index contributed by atoms with van der Waals surface area (Å²) in [4.78, 5) is 29.9. The number of hydrogen-bond acceptors (Lipinski definition) is 8. The number of imidazole rings is 1. The van der Waals surface area contributed by atoms with E-state index in [9.17, 15) is 4.79 Å². The van der Waals surface area contributed by atoms with E-state index in [2.05, 4.69) is 52.9 Å². The van der Waals surface area contributed by atoms with Crippen LogP contribution in [0, 0.1) is 0 Å². The van der Waals surface area contributed by atoms with Gasteiger partial charge in [0.15, 0.2) is 5.65 Å². The molecule has 0 atom stereocenters. The molecule has 2 N–H and O–H groups in total. The number of amides is 1. The highest BCUT2D eigenvalue weighted by Gasteiger charge is 2.17. The first kappa shape index (κ1) is 26.1. The molecular formula is C26H29BrN8O2. The van der Waals surface area contributed by atoms with Crippen molar-refractivity contribution in [2.24, 2.45) is 0 Å². The average Bonchev–Trinajstić information content (AvgIpc) is 3.31. The van der Waals surface area contributed by atoms with Gasteiger partial charge in [-0.25, -0.2) is 9.97 Å². The molecule has 2 aromatic heterocycles. The molecule has 0 saturated heterocycles. The lowest BCUT2D eigenvalue weighted by Gasteiger charge is -2.25. The zero-order valence-corrected chi connectivity index (χ0v) is 22.8. The number of nitrogens with one attached hydrogen (secondary N) is 2.